The molecule has 0 aromatic carbocycles. The largest absolute Gasteiger partial charge is 0.492 e. The van der Waals surface area contributed by atoms with E-state index < -0.39 is 0 Å². The van der Waals surface area contributed by atoms with Crippen LogP contribution < -0.4 is 0 Å². The SMILES string of the molecule is Oc1nccn2cncc12. The van der Waals surface area contributed by atoms with Gasteiger partial charge in [-0.2, -0.15) is 0 Å². The van der Waals surface area contributed by atoms with E-state index in [1.807, 2.05) is 0 Å². The molecule has 1 N–H and O–H groups in total. The molecule has 0 spiro atoms. The topological polar surface area (TPSA) is 50.4 Å². The summed E-state index contributed by atoms with van der Waals surface area (Å²) >= 11 is 0. The van der Waals surface area contributed by atoms with Crippen LogP contribution in [-0.4, -0.2) is 19.5 Å². The quantitative estimate of drug-likeness (QED) is 0.570. The fourth-order valence-corrected chi connectivity index (χ4v) is 0.839. The number of aromatic nitrogens is 3. The van der Waals surface area contributed by atoms with Crippen LogP contribution in [0.5, 0.6) is 5.88 Å². The van der Waals surface area contributed by atoms with E-state index in [0.717, 1.165) is 0 Å². The Morgan fingerprint density at radius 3 is 3.20 bits per heavy atom. The van der Waals surface area contributed by atoms with E-state index in [1.165, 1.54) is 6.20 Å². The van der Waals surface area contributed by atoms with Gasteiger partial charge in [0.1, 0.15) is 5.52 Å². The Morgan fingerprint density at radius 1 is 1.50 bits per heavy atom. The first-order chi connectivity index (χ1) is 4.88. The number of hydrogen-bond acceptors (Lipinski definition) is 3. The van der Waals surface area contributed by atoms with Crippen LogP contribution in [0.4, 0.5) is 0 Å². The minimum atomic E-state index is 0.0139. The minimum Gasteiger partial charge on any atom is -0.492 e. The summed E-state index contributed by atoms with van der Waals surface area (Å²) in [4.78, 5) is 7.50. The number of aromatic hydroxyl groups is 1. The Labute approximate surface area is 56.8 Å². The van der Waals surface area contributed by atoms with Crippen LogP contribution >= 0.6 is 0 Å². The fourth-order valence-electron chi connectivity index (χ4n) is 0.839. The van der Waals surface area contributed by atoms with Gasteiger partial charge in [0.25, 0.3) is 0 Å². The molecule has 0 aliphatic heterocycles. The number of fused-ring (bicyclic) bond motifs is 1. The van der Waals surface area contributed by atoms with E-state index in [-0.39, 0.29) is 5.88 Å². The number of rotatable bonds is 0. The van der Waals surface area contributed by atoms with Crippen molar-refractivity contribution >= 4 is 5.52 Å². The maximum Gasteiger partial charge on any atom is 0.237 e. The van der Waals surface area contributed by atoms with E-state index in [9.17, 15) is 0 Å². The van der Waals surface area contributed by atoms with Crippen molar-refractivity contribution in [2.75, 3.05) is 0 Å². The smallest absolute Gasteiger partial charge is 0.237 e. The van der Waals surface area contributed by atoms with Crippen LogP contribution in [0.1, 0.15) is 0 Å². The van der Waals surface area contributed by atoms with Crippen LogP contribution in [0, 0.1) is 0 Å². The molecule has 2 aromatic heterocycles. The van der Waals surface area contributed by atoms with Crippen molar-refractivity contribution in [1.82, 2.24) is 14.4 Å². The maximum absolute atomic E-state index is 9.09. The Hall–Kier alpha value is -1.58. The van der Waals surface area contributed by atoms with Crippen LogP contribution in [0.15, 0.2) is 24.9 Å². The summed E-state index contributed by atoms with van der Waals surface area (Å²) in [5.74, 6) is 0.0139. The van der Waals surface area contributed by atoms with Crippen LogP contribution in [0.2, 0.25) is 0 Å². The van der Waals surface area contributed by atoms with Crippen molar-refractivity contribution in [2.24, 2.45) is 0 Å². The van der Waals surface area contributed by atoms with Gasteiger partial charge in [-0.25, -0.2) is 9.97 Å². The molecule has 4 heteroatoms. The van der Waals surface area contributed by atoms with Crippen LogP contribution in [0.3, 0.4) is 0 Å². The van der Waals surface area contributed by atoms with E-state index in [4.69, 9.17) is 5.11 Å². The van der Waals surface area contributed by atoms with Crippen molar-refractivity contribution < 1.29 is 5.11 Å². The zero-order chi connectivity index (χ0) is 6.97. The molecule has 0 amide bonds. The predicted octanol–water partition coefficient (Wildman–Crippen LogP) is 0.435. The lowest BCUT2D eigenvalue weighted by Gasteiger charge is -1.92. The normalized spacial score (nSPS) is 10.4. The standard InChI is InChI=1S/C6H5N3O/c10-6-5-3-7-4-9(5)2-1-8-6/h1-4H,(H,8,10). The summed E-state index contributed by atoms with van der Waals surface area (Å²) in [5.41, 5.74) is 0.627. The lowest BCUT2D eigenvalue weighted by molar-refractivity contribution is 0.457. The van der Waals surface area contributed by atoms with Crippen LogP contribution in [-0.2, 0) is 0 Å². The summed E-state index contributed by atoms with van der Waals surface area (Å²) in [6.07, 6.45) is 6.41. The van der Waals surface area contributed by atoms with Gasteiger partial charge in [-0.3, -0.25) is 0 Å². The molecule has 0 radical (unpaired) electrons. The zero-order valence-corrected chi connectivity index (χ0v) is 5.10. The summed E-state index contributed by atoms with van der Waals surface area (Å²) in [6, 6.07) is 0. The number of hydrogen-bond donors (Lipinski definition) is 1. The Morgan fingerprint density at radius 2 is 2.40 bits per heavy atom. The van der Waals surface area contributed by atoms with Gasteiger partial charge in [-0.1, -0.05) is 0 Å². The lowest BCUT2D eigenvalue weighted by Crippen LogP contribution is -1.82. The molecule has 0 saturated carbocycles. The first-order valence-corrected chi connectivity index (χ1v) is 2.83. The zero-order valence-electron chi connectivity index (χ0n) is 5.10. The van der Waals surface area contributed by atoms with Gasteiger partial charge in [-0.15, -0.1) is 0 Å². The highest BCUT2D eigenvalue weighted by Gasteiger charge is 1.97. The Bertz CT molecular complexity index is 355. The molecule has 4 nitrogen and oxygen atoms in total. The second-order valence-corrected chi connectivity index (χ2v) is 1.94. The first-order valence-electron chi connectivity index (χ1n) is 2.83. The molecule has 2 rings (SSSR count). The molecule has 0 unspecified atom stereocenters. The monoisotopic (exact) mass is 135 g/mol. The summed E-state index contributed by atoms with van der Waals surface area (Å²) in [5, 5.41) is 9.09. The average Bonchev–Trinajstić information content (AvgIpc) is 2.36. The van der Waals surface area contributed by atoms with Crippen molar-refractivity contribution in [1.29, 1.82) is 0 Å². The van der Waals surface area contributed by atoms with Gasteiger partial charge >= 0.3 is 0 Å². The molecule has 2 heterocycles. The van der Waals surface area contributed by atoms with E-state index >= 15 is 0 Å². The number of imidazole rings is 1. The highest BCUT2D eigenvalue weighted by molar-refractivity contribution is 5.53. The molecule has 50 valence electrons. The van der Waals surface area contributed by atoms with E-state index in [1.54, 1.807) is 23.1 Å². The maximum atomic E-state index is 9.09. The van der Waals surface area contributed by atoms with E-state index in [2.05, 4.69) is 9.97 Å². The van der Waals surface area contributed by atoms with Crippen molar-refractivity contribution in [2.45, 2.75) is 0 Å². The Balaban J connectivity index is 2.95. The van der Waals surface area contributed by atoms with Crippen LogP contribution in [0.25, 0.3) is 5.52 Å². The van der Waals surface area contributed by atoms with Crippen molar-refractivity contribution in [3.63, 3.8) is 0 Å². The minimum absolute atomic E-state index is 0.0139. The first kappa shape index (κ1) is 5.22. The molecule has 2 aromatic rings. The lowest BCUT2D eigenvalue weighted by atomic mass is 10.5. The molecule has 0 atom stereocenters. The molecule has 0 aliphatic carbocycles. The van der Waals surface area contributed by atoms with Crippen molar-refractivity contribution in [3.05, 3.63) is 24.9 Å². The predicted molar refractivity (Wildman–Crippen MR) is 34.7 cm³/mol. The molecule has 10 heavy (non-hydrogen) atoms. The van der Waals surface area contributed by atoms with E-state index in [0.29, 0.717) is 5.52 Å². The highest BCUT2D eigenvalue weighted by Crippen LogP contribution is 2.11. The highest BCUT2D eigenvalue weighted by atomic mass is 16.3. The van der Waals surface area contributed by atoms with Gasteiger partial charge in [0.15, 0.2) is 0 Å². The summed E-state index contributed by atoms with van der Waals surface area (Å²) in [7, 11) is 0. The molecular weight excluding hydrogens is 130 g/mol. The third-order valence-corrected chi connectivity index (χ3v) is 1.32. The van der Waals surface area contributed by atoms with Crippen molar-refractivity contribution in [3.8, 4) is 5.88 Å². The second-order valence-electron chi connectivity index (χ2n) is 1.94. The fraction of sp³-hybridized carbons (Fsp3) is 0. The molecule has 0 fully saturated rings. The third-order valence-electron chi connectivity index (χ3n) is 1.32. The molecule has 0 saturated heterocycles. The third kappa shape index (κ3) is 0.556. The van der Waals surface area contributed by atoms with Gasteiger partial charge in [0.05, 0.1) is 12.5 Å². The number of nitrogens with zero attached hydrogens (tertiary/aromatic N) is 3. The molecule has 0 aliphatic rings. The van der Waals surface area contributed by atoms with Gasteiger partial charge in [-0.05, 0) is 0 Å². The molecular formula is C6H5N3O. The Kier molecular flexibility index (Phi) is 0.887. The molecule has 0 bridgehead atoms. The van der Waals surface area contributed by atoms with Gasteiger partial charge < -0.3 is 9.51 Å². The summed E-state index contributed by atoms with van der Waals surface area (Å²) < 4.78 is 1.70. The average molecular weight is 135 g/mol. The second kappa shape index (κ2) is 1.70. The summed E-state index contributed by atoms with van der Waals surface area (Å²) in [6.45, 7) is 0. The van der Waals surface area contributed by atoms with Gasteiger partial charge in [0, 0.05) is 12.4 Å². The van der Waals surface area contributed by atoms with Gasteiger partial charge in [0.2, 0.25) is 5.88 Å².